The first-order valence-corrected chi connectivity index (χ1v) is 4.98. The smallest absolute Gasteiger partial charge is 0.123 e. The van der Waals surface area contributed by atoms with Crippen molar-refractivity contribution in [2.45, 2.75) is 11.4 Å². The van der Waals surface area contributed by atoms with E-state index in [1.54, 1.807) is 6.07 Å². The molecule has 1 rings (SSSR count). The highest BCUT2D eigenvalue weighted by atomic mass is 32.2. The normalized spacial score (nSPS) is 10.4. The van der Waals surface area contributed by atoms with E-state index in [-0.39, 0.29) is 12.4 Å². The lowest BCUT2D eigenvalue weighted by atomic mass is 10.2. The second-order valence-electron chi connectivity index (χ2n) is 2.53. The topological polar surface area (TPSA) is 46.2 Å². The molecule has 0 aromatic heterocycles. The second-order valence-corrected chi connectivity index (χ2v) is 3.66. The average molecular weight is 201 g/mol. The van der Waals surface area contributed by atoms with Crippen LogP contribution in [0, 0.1) is 5.82 Å². The van der Waals surface area contributed by atoms with Crippen LogP contribution in [0.25, 0.3) is 0 Å². The summed E-state index contributed by atoms with van der Waals surface area (Å²) in [5, 5.41) is 8.62. The van der Waals surface area contributed by atoms with Crippen molar-refractivity contribution >= 4 is 11.8 Å². The minimum absolute atomic E-state index is 0.117. The van der Waals surface area contributed by atoms with Gasteiger partial charge in [-0.15, -0.1) is 11.8 Å². The van der Waals surface area contributed by atoms with E-state index in [1.807, 2.05) is 0 Å². The molecule has 0 aliphatic carbocycles. The highest BCUT2D eigenvalue weighted by Gasteiger charge is 2.02. The summed E-state index contributed by atoms with van der Waals surface area (Å²) in [7, 11) is 0. The van der Waals surface area contributed by atoms with Crippen molar-refractivity contribution in [1.82, 2.24) is 0 Å². The summed E-state index contributed by atoms with van der Waals surface area (Å²) in [6, 6.07) is 4.52. The molecule has 4 heteroatoms. The van der Waals surface area contributed by atoms with Crippen molar-refractivity contribution in [2.24, 2.45) is 5.73 Å². The van der Waals surface area contributed by atoms with E-state index in [9.17, 15) is 4.39 Å². The number of benzene rings is 1. The molecule has 1 aromatic carbocycles. The molecule has 0 atom stereocenters. The van der Waals surface area contributed by atoms with Crippen LogP contribution in [0.2, 0.25) is 0 Å². The Balaban J connectivity index is 2.79. The number of nitrogens with two attached hydrogens (primary N) is 1. The van der Waals surface area contributed by atoms with E-state index >= 15 is 0 Å². The Kier molecular flexibility index (Phi) is 4.21. The maximum absolute atomic E-state index is 12.7. The Morgan fingerprint density at radius 1 is 1.46 bits per heavy atom. The van der Waals surface area contributed by atoms with Crippen LogP contribution in [0.15, 0.2) is 23.1 Å². The van der Waals surface area contributed by atoms with E-state index < -0.39 is 0 Å². The van der Waals surface area contributed by atoms with Gasteiger partial charge in [-0.1, -0.05) is 0 Å². The summed E-state index contributed by atoms with van der Waals surface area (Å²) < 4.78 is 12.7. The number of hydrogen-bond acceptors (Lipinski definition) is 3. The number of thioether (sulfide) groups is 1. The fraction of sp³-hybridized carbons (Fsp3) is 0.333. The molecule has 0 saturated carbocycles. The Hall–Kier alpha value is -0.580. The van der Waals surface area contributed by atoms with E-state index in [0.29, 0.717) is 12.3 Å². The summed E-state index contributed by atoms with van der Waals surface area (Å²) in [5.41, 5.74) is 6.24. The van der Waals surface area contributed by atoms with Gasteiger partial charge in [-0.2, -0.15) is 0 Å². The lowest BCUT2D eigenvalue weighted by Crippen LogP contribution is -1.99. The van der Waals surface area contributed by atoms with Crippen molar-refractivity contribution in [3.8, 4) is 0 Å². The lowest BCUT2D eigenvalue weighted by Gasteiger charge is -2.05. The fourth-order valence-corrected chi connectivity index (χ4v) is 1.81. The van der Waals surface area contributed by atoms with Crippen LogP contribution in [0.1, 0.15) is 5.56 Å². The number of rotatable bonds is 4. The zero-order valence-corrected chi connectivity index (χ0v) is 7.98. The number of aliphatic hydroxyl groups excluding tert-OH is 1. The van der Waals surface area contributed by atoms with Crippen LogP contribution < -0.4 is 5.73 Å². The molecule has 0 aliphatic heterocycles. The Morgan fingerprint density at radius 3 is 2.85 bits per heavy atom. The van der Waals surface area contributed by atoms with Crippen molar-refractivity contribution in [3.63, 3.8) is 0 Å². The first-order chi connectivity index (χ1) is 6.27. The van der Waals surface area contributed by atoms with Gasteiger partial charge in [0.05, 0.1) is 6.61 Å². The molecule has 0 fully saturated rings. The van der Waals surface area contributed by atoms with Gasteiger partial charge >= 0.3 is 0 Å². The van der Waals surface area contributed by atoms with Crippen LogP contribution in [0.5, 0.6) is 0 Å². The maximum Gasteiger partial charge on any atom is 0.123 e. The predicted octanol–water partition coefficient (Wildman–Crippen LogP) is 1.37. The standard InChI is InChI=1S/C9H12FNOS/c10-8-1-2-9(13-4-3-12)7(5-8)6-11/h1-2,5,12H,3-4,6,11H2. The van der Waals surface area contributed by atoms with Crippen LogP contribution >= 0.6 is 11.8 Å². The van der Waals surface area contributed by atoms with Gasteiger partial charge in [0, 0.05) is 17.2 Å². The summed E-state index contributed by atoms with van der Waals surface area (Å²) in [4.78, 5) is 0.943. The minimum Gasteiger partial charge on any atom is -0.396 e. The van der Waals surface area contributed by atoms with E-state index in [1.165, 1.54) is 23.9 Å². The monoisotopic (exact) mass is 201 g/mol. The Bertz CT molecular complexity index is 280. The van der Waals surface area contributed by atoms with Gasteiger partial charge in [-0.05, 0) is 23.8 Å². The highest BCUT2D eigenvalue weighted by molar-refractivity contribution is 7.99. The van der Waals surface area contributed by atoms with Gasteiger partial charge < -0.3 is 10.8 Å². The molecule has 0 spiro atoms. The van der Waals surface area contributed by atoms with Gasteiger partial charge in [-0.3, -0.25) is 0 Å². The number of halogens is 1. The van der Waals surface area contributed by atoms with Gasteiger partial charge in [-0.25, -0.2) is 4.39 Å². The molecule has 0 heterocycles. The average Bonchev–Trinajstić information content (AvgIpc) is 2.16. The molecule has 0 unspecified atom stereocenters. The van der Waals surface area contributed by atoms with Gasteiger partial charge in [0.15, 0.2) is 0 Å². The first-order valence-electron chi connectivity index (χ1n) is 4.00. The predicted molar refractivity (Wildman–Crippen MR) is 52.1 cm³/mol. The zero-order chi connectivity index (χ0) is 9.68. The van der Waals surface area contributed by atoms with Gasteiger partial charge in [0.25, 0.3) is 0 Å². The van der Waals surface area contributed by atoms with Crippen LogP contribution in [0.4, 0.5) is 4.39 Å². The Morgan fingerprint density at radius 2 is 2.23 bits per heavy atom. The maximum atomic E-state index is 12.7. The summed E-state index contributed by atoms with van der Waals surface area (Å²) in [5.74, 6) is 0.340. The van der Waals surface area contributed by atoms with Crippen molar-refractivity contribution in [1.29, 1.82) is 0 Å². The Labute approximate surface area is 80.9 Å². The van der Waals surface area contributed by atoms with E-state index in [2.05, 4.69) is 0 Å². The zero-order valence-electron chi connectivity index (χ0n) is 7.16. The third-order valence-corrected chi connectivity index (χ3v) is 2.69. The molecule has 0 aliphatic rings. The highest BCUT2D eigenvalue weighted by Crippen LogP contribution is 2.22. The van der Waals surface area contributed by atoms with E-state index in [4.69, 9.17) is 10.8 Å². The lowest BCUT2D eigenvalue weighted by molar-refractivity contribution is 0.322. The molecule has 2 nitrogen and oxygen atoms in total. The molecule has 0 saturated heterocycles. The second kappa shape index (κ2) is 5.21. The molecule has 1 aromatic rings. The molecule has 13 heavy (non-hydrogen) atoms. The molecular weight excluding hydrogens is 189 g/mol. The number of aliphatic hydroxyl groups is 1. The quantitative estimate of drug-likeness (QED) is 0.723. The summed E-state index contributed by atoms with van der Waals surface area (Å²) >= 11 is 1.48. The first kappa shape index (κ1) is 10.5. The molecule has 0 amide bonds. The third kappa shape index (κ3) is 2.99. The fourth-order valence-electron chi connectivity index (χ4n) is 1.00. The van der Waals surface area contributed by atoms with Crippen LogP contribution in [-0.4, -0.2) is 17.5 Å². The van der Waals surface area contributed by atoms with Crippen LogP contribution in [0.3, 0.4) is 0 Å². The molecular formula is C9H12FNOS. The largest absolute Gasteiger partial charge is 0.396 e. The summed E-state index contributed by atoms with van der Waals surface area (Å²) in [6.45, 7) is 0.442. The van der Waals surface area contributed by atoms with Crippen LogP contribution in [-0.2, 0) is 6.54 Å². The summed E-state index contributed by atoms with van der Waals surface area (Å²) in [6.07, 6.45) is 0. The van der Waals surface area contributed by atoms with Crippen molar-refractivity contribution in [3.05, 3.63) is 29.6 Å². The van der Waals surface area contributed by atoms with Gasteiger partial charge in [0.1, 0.15) is 5.82 Å². The number of hydrogen-bond donors (Lipinski definition) is 2. The third-order valence-electron chi connectivity index (χ3n) is 1.59. The van der Waals surface area contributed by atoms with E-state index in [0.717, 1.165) is 10.5 Å². The SMILES string of the molecule is NCc1cc(F)ccc1SCCO. The minimum atomic E-state index is -0.270. The molecule has 0 bridgehead atoms. The van der Waals surface area contributed by atoms with Gasteiger partial charge in [0.2, 0.25) is 0 Å². The van der Waals surface area contributed by atoms with Crippen molar-refractivity contribution in [2.75, 3.05) is 12.4 Å². The molecule has 0 radical (unpaired) electrons. The molecule has 3 N–H and O–H groups in total. The van der Waals surface area contributed by atoms with Crippen molar-refractivity contribution < 1.29 is 9.50 Å². The molecule has 72 valence electrons.